The van der Waals surface area contributed by atoms with E-state index in [9.17, 15) is 9.59 Å². The molecule has 0 aliphatic rings. The summed E-state index contributed by atoms with van der Waals surface area (Å²) in [5.74, 6) is -0.460. The minimum Gasteiger partial charge on any atom is -0.660 e. The van der Waals surface area contributed by atoms with Crippen molar-refractivity contribution in [1.82, 2.24) is 4.31 Å². The molecule has 0 spiro atoms. The van der Waals surface area contributed by atoms with E-state index in [4.69, 9.17) is 5.11 Å². The summed E-state index contributed by atoms with van der Waals surface area (Å²) < 4.78 is 0.498. The zero-order chi connectivity index (χ0) is 11.3. The number of anilines is 1. The van der Waals surface area contributed by atoms with Crippen molar-refractivity contribution in [2.24, 2.45) is 0 Å². The summed E-state index contributed by atoms with van der Waals surface area (Å²) in [6.45, 7) is -0.362. The van der Waals surface area contributed by atoms with Gasteiger partial charge in [-0.1, -0.05) is 18.2 Å². The lowest BCUT2D eigenvalue weighted by Crippen LogP contribution is -2.32. The minimum atomic E-state index is -1.31. The van der Waals surface area contributed by atoms with Gasteiger partial charge >= 0.3 is 6.09 Å². The quantitative estimate of drug-likeness (QED) is 0.755. The van der Waals surface area contributed by atoms with Crippen molar-refractivity contribution in [1.29, 1.82) is 0 Å². The fourth-order valence-corrected chi connectivity index (χ4v) is 1.04. The topological polar surface area (TPSA) is 69.6 Å². The van der Waals surface area contributed by atoms with Gasteiger partial charge in [0, 0.05) is 5.69 Å². The predicted molar refractivity (Wildman–Crippen MR) is 57.2 cm³/mol. The molecule has 0 saturated carbocycles. The third-order valence-electron chi connectivity index (χ3n) is 1.56. The molecule has 0 aliphatic heterocycles. The summed E-state index contributed by atoms with van der Waals surface area (Å²) in [5, 5.41) is 11.0. The van der Waals surface area contributed by atoms with E-state index < -0.39 is 12.0 Å². The smallest absolute Gasteiger partial charge is 0.385 e. The van der Waals surface area contributed by atoms with Crippen LogP contribution in [-0.2, 0) is 17.6 Å². The Morgan fingerprint density at radius 1 is 1.33 bits per heavy atom. The Morgan fingerprint density at radius 3 is 2.47 bits per heavy atom. The summed E-state index contributed by atoms with van der Waals surface area (Å²) in [7, 11) is 0. The van der Waals surface area contributed by atoms with Crippen molar-refractivity contribution in [2.45, 2.75) is 0 Å². The largest absolute Gasteiger partial charge is 0.660 e. The van der Waals surface area contributed by atoms with Crippen LogP contribution >= 0.6 is 0 Å². The zero-order valence-electron chi connectivity index (χ0n) is 7.71. The molecule has 1 aromatic carbocycles. The van der Waals surface area contributed by atoms with E-state index in [1.165, 1.54) is 0 Å². The molecular formula is C9H9N2O3S-. The third kappa shape index (κ3) is 3.90. The molecule has 0 aliphatic carbocycles. The van der Waals surface area contributed by atoms with E-state index in [1.807, 2.05) is 6.07 Å². The molecule has 0 radical (unpaired) electrons. The Balaban J connectivity index is 2.47. The van der Waals surface area contributed by atoms with E-state index in [-0.39, 0.29) is 6.54 Å². The van der Waals surface area contributed by atoms with Gasteiger partial charge < -0.3 is 27.5 Å². The lowest BCUT2D eigenvalue weighted by atomic mass is 10.3. The molecule has 1 rings (SSSR count). The van der Waals surface area contributed by atoms with Gasteiger partial charge in [0.2, 0.25) is 5.91 Å². The standard InChI is InChI=1S/C9H9N2O3S/c12-8(6-11(15)9(13)14)10-7-4-2-1-3-5-7/h1-5H,6H2,(H,10,12)(H,13,14)/q-1. The lowest BCUT2D eigenvalue weighted by Gasteiger charge is -2.24. The molecule has 2 amide bonds. The highest BCUT2D eigenvalue weighted by molar-refractivity contribution is 7.56. The summed E-state index contributed by atoms with van der Waals surface area (Å²) in [6.07, 6.45) is -1.31. The molecule has 0 aromatic heterocycles. The number of hydrogen-bond donors (Lipinski definition) is 2. The fourth-order valence-electron chi connectivity index (χ4n) is 0.920. The third-order valence-corrected chi connectivity index (χ3v) is 1.84. The summed E-state index contributed by atoms with van der Waals surface area (Å²) >= 11 is 4.43. The average Bonchev–Trinajstić information content (AvgIpc) is 2.18. The first kappa shape index (κ1) is 11.4. The van der Waals surface area contributed by atoms with Crippen molar-refractivity contribution in [3.63, 3.8) is 0 Å². The second-order valence-corrected chi connectivity index (χ2v) is 3.17. The molecule has 5 nitrogen and oxygen atoms in total. The highest BCUT2D eigenvalue weighted by Gasteiger charge is 2.05. The molecule has 15 heavy (non-hydrogen) atoms. The second-order valence-electron chi connectivity index (χ2n) is 2.73. The van der Waals surface area contributed by atoms with Crippen LogP contribution in [0.4, 0.5) is 10.5 Å². The van der Waals surface area contributed by atoms with Gasteiger partial charge in [0.1, 0.15) is 0 Å². The van der Waals surface area contributed by atoms with Crippen LogP contribution in [0.15, 0.2) is 30.3 Å². The number of carbonyl (C=O) groups is 2. The first-order valence-electron chi connectivity index (χ1n) is 4.12. The van der Waals surface area contributed by atoms with E-state index in [1.54, 1.807) is 24.3 Å². The molecule has 80 valence electrons. The van der Waals surface area contributed by atoms with Gasteiger partial charge in [0.25, 0.3) is 0 Å². The molecule has 2 N–H and O–H groups in total. The van der Waals surface area contributed by atoms with Gasteiger partial charge in [-0.3, -0.25) is 4.79 Å². The Morgan fingerprint density at radius 2 is 1.93 bits per heavy atom. The number of hydrogen-bond acceptors (Lipinski definition) is 3. The van der Waals surface area contributed by atoms with Crippen LogP contribution < -0.4 is 5.32 Å². The van der Waals surface area contributed by atoms with Gasteiger partial charge in [0.05, 0.1) is 6.54 Å². The lowest BCUT2D eigenvalue weighted by molar-refractivity contribution is -0.116. The Labute approximate surface area is 92.2 Å². The van der Waals surface area contributed by atoms with Crippen LogP contribution in [0.2, 0.25) is 0 Å². The molecular weight excluding hydrogens is 216 g/mol. The molecule has 1 aromatic rings. The van der Waals surface area contributed by atoms with Crippen LogP contribution in [0.5, 0.6) is 0 Å². The Kier molecular flexibility index (Phi) is 3.99. The van der Waals surface area contributed by atoms with E-state index in [2.05, 4.69) is 18.1 Å². The van der Waals surface area contributed by atoms with Crippen molar-refractivity contribution >= 4 is 30.5 Å². The van der Waals surface area contributed by atoms with Gasteiger partial charge in [0.15, 0.2) is 0 Å². The molecule has 0 saturated heterocycles. The SMILES string of the molecule is O=C(CN([S-])C(=O)O)Nc1ccccc1. The van der Waals surface area contributed by atoms with Crippen LogP contribution in [0.25, 0.3) is 0 Å². The number of nitrogens with zero attached hydrogens (tertiary/aromatic N) is 1. The molecule has 0 unspecified atom stereocenters. The van der Waals surface area contributed by atoms with Crippen molar-refractivity contribution in [3.8, 4) is 0 Å². The maximum Gasteiger partial charge on any atom is 0.385 e. The molecule has 6 heteroatoms. The molecule has 0 heterocycles. The van der Waals surface area contributed by atoms with E-state index in [0.717, 1.165) is 0 Å². The van der Waals surface area contributed by atoms with Crippen LogP contribution in [0, 0.1) is 0 Å². The summed E-state index contributed by atoms with van der Waals surface area (Å²) in [4.78, 5) is 21.6. The maximum atomic E-state index is 11.2. The summed E-state index contributed by atoms with van der Waals surface area (Å²) in [6, 6.07) is 8.74. The minimum absolute atomic E-state index is 0.362. The van der Waals surface area contributed by atoms with E-state index in [0.29, 0.717) is 9.99 Å². The number of rotatable bonds is 3. The van der Waals surface area contributed by atoms with Crippen LogP contribution in [0.3, 0.4) is 0 Å². The highest BCUT2D eigenvalue weighted by Crippen LogP contribution is 2.04. The first-order valence-corrected chi connectivity index (χ1v) is 4.48. The molecule has 0 bridgehead atoms. The second kappa shape index (κ2) is 5.26. The van der Waals surface area contributed by atoms with Gasteiger partial charge in [-0.15, -0.1) is 0 Å². The number of para-hydroxylation sites is 1. The first-order chi connectivity index (χ1) is 7.09. The highest BCUT2D eigenvalue weighted by atomic mass is 32.1. The van der Waals surface area contributed by atoms with Gasteiger partial charge in [-0.05, 0) is 12.1 Å². The monoisotopic (exact) mass is 225 g/mol. The predicted octanol–water partition coefficient (Wildman–Crippen LogP) is 1.07. The van der Waals surface area contributed by atoms with Gasteiger partial charge in [-0.2, -0.15) is 0 Å². The normalized spacial score (nSPS) is 9.40. The Hall–Kier alpha value is -1.69. The van der Waals surface area contributed by atoms with Gasteiger partial charge in [-0.25, -0.2) is 4.79 Å². The van der Waals surface area contributed by atoms with Crippen molar-refractivity contribution in [2.75, 3.05) is 11.9 Å². The van der Waals surface area contributed by atoms with Crippen LogP contribution in [-0.4, -0.2) is 28.0 Å². The maximum absolute atomic E-state index is 11.2. The van der Waals surface area contributed by atoms with Crippen LogP contribution in [0.1, 0.15) is 0 Å². The molecule has 0 atom stereocenters. The Bertz CT molecular complexity index is 356. The van der Waals surface area contributed by atoms with Crippen molar-refractivity contribution < 1.29 is 14.7 Å². The average molecular weight is 225 g/mol. The van der Waals surface area contributed by atoms with E-state index >= 15 is 0 Å². The number of benzene rings is 1. The number of amides is 2. The molecule has 0 fully saturated rings. The summed E-state index contributed by atoms with van der Waals surface area (Å²) in [5.41, 5.74) is 0.608. The zero-order valence-corrected chi connectivity index (χ0v) is 8.53. The van der Waals surface area contributed by atoms with Crippen molar-refractivity contribution in [3.05, 3.63) is 30.3 Å². The number of carbonyl (C=O) groups excluding carboxylic acids is 1. The number of carboxylic acid groups (broad SMARTS) is 1. The fraction of sp³-hybridized carbons (Fsp3) is 0.111. The number of nitrogens with one attached hydrogen (secondary N) is 1.